The van der Waals surface area contributed by atoms with Gasteiger partial charge in [-0.05, 0) is 20.8 Å². The number of carbonyl (C=O) groups is 1. The molecule has 1 unspecified atom stereocenters. The molecular formula is C14H21NO7. The third kappa shape index (κ3) is 2.71. The van der Waals surface area contributed by atoms with Crippen molar-refractivity contribution in [2.75, 3.05) is 13.7 Å². The van der Waals surface area contributed by atoms with Crippen LogP contribution in [-0.4, -0.2) is 61.9 Å². The maximum absolute atomic E-state index is 11.7. The molecule has 0 aliphatic carbocycles. The van der Waals surface area contributed by atoms with E-state index in [-0.39, 0.29) is 12.2 Å². The van der Waals surface area contributed by atoms with Crippen molar-refractivity contribution in [1.82, 2.24) is 0 Å². The minimum absolute atomic E-state index is 0.301. The molecule has 8 heteroatoms. The lowest BCUT2D eigenvalue weighted by atomic mass is 10.0. The van der Waals surface area contributed by atoms with Crippen LogP contribution in [0.1, 0.15) is 27.2 Å². The molecule has 0 N–H and O–H groups in total. The topological polar surface area (TPSA) is 84.8 Å². The number of esters is 1. The first kappa shape index (κ1) is 15.7. The first-order valence-corrected chi connectivity index (χ1v) is 7.38. The van der Waals surface area contributed by atoms with Crippen LogP contribution in [0.15, 0.2) is 5.16 Å². The van der Waals surface area contributed by atoms with Gasteiger partial charge in [0, 0.05) is 13.5 Å². The molecule has 3 rings (SSSR count). The van der Waals surface area contributed by atoms with Gasteiger partial charge in [0.05, 0.1) is 12.3 Å². The second kappa shape index (κ2) is 5.77. The van der Waals surface area contributed by atoms with E-state index in [1.165, 1.54) is 0 Å². The van der Waals surface area contributed by atoms with E-state index < -0.39 is 30.3 Å². The monoisotopic (exact) mass is 315 g/mol. The summed E-state index contributed by atoms with van der Waals surface area (Å²) in [5, 5.41) is 3.96. The first-order chi connectivity index (χ1) is 10.4. The maximum Gasteiger partial charge on any atom is 0.350 e. The predicted molar refractivity (Wildman–Crippen MR) is 73.1 cm³/mol. The fraction of sp³-hybridized carbons (Fsp3) is 0.857. The number of hydrogen-bond donors (Lipinski definition) is 0. The highest BCUT2D eigenvalue weighted by Gasteiger charge is 2.57. The second-order valence-corrected chi connectivity index (χ2v) is 5.86. The number of carbonyl (C=O) groups excluding carboxylic acids is 1. The van der Waals surface area contributed by atoms with Gasteiger partial charge >= 0.3 is 5.97 Å². The Morgan fingerprint density at radius 3 is 2.86 bits per heavy atom. The smallest absolute Gasteiger partial charge is 0.350 e. The van der Waals surface area contributed by atoms with Gasteiger partial charge in [-0.15, -0.1) is 0 Å². The summed E-state index contributed by atoms with van der Waals surface area (Å²) in [4.78, 5) is 16.8. The molecule has 2 saturated heterocycles. The van der Waals surface area contributed by atoms with Crippen molar-refractivity contribution in [3.63, 3.8) is 0 Å². The largest absolute Gasteiger partial charge is 0.463 e. The van der Waals surface area contributed by atoms with E-state index in [4.69, 9.17) is 28.5 Å². The molecule has 0 bridgehead atoms. The van der Waals surface area contributed by atoms with Crippen LogP contribution in [0.2, 0.25) is 0 Å². The van der Waals surface area contributed by atoms with Crippen molar-refractivity contribution in [1.29, 1.82) is 0 Å². The van der Waals surface area contributed by atoms with E-state index in [1.54, 1.807) is 14.0 Å². The Balaban J connectivity index is 1.66. The molecule has 3 heterocycles. The van der Waals surface area contributed by atoms with Crippen LogP contribution in [0.4, 0.5) is 0 Å². The van der Waals surface area contributed by atoms with Gasteiger partial charge < -0.3 is 28.5 Å². The Morgan fingerprint density at radius 2 is 2.18 bits per heavy atom. The molecule has 0 radical (unpaired) electrons. The van der Waals surface area contributed by atoms with Crippen molar-refractivity contribution in [3.05, 3.63) is 0 Å². The molecule has 0 aromatic carbocycles. The van der Waals surface area contributed by atoms with E-state index in [0.29, 0.717) is 18.7 Å². The van der Waals surface area contributed by atoms with Gasteiger partial charge in [-0.3, -0.25) is 0 Å². The number of fused-ring (bicyclic) bond motifs is 1. The zero-order chi connectivity index (χ0) is 15.9. The summed E-state index contributed by atoms with van der Waals surface area (Å²) in [6, 6.07) is 0. The Labute approximate surface area is 128 Å². The lowest BCUT2D eigenvalue weighted by Crippen LogP contribution is -2.40. The fourth-order valence-corrected chi connectivity index (χ4v) is 2.93. The fourth-order valence-electron chi connectivity index (χ4n) is 2.93. The number of rotatable bonds is 4. The molecule has 3 aliphatic rings. The lowest BCUT2D eigenvalue weighted by Gasteiger charge is -2.24. The normalized spacial score (nSPS) is 39.3. The quantitative estimate of drug-likeness (QED) is 0.702. The van der Waals surface area contributed by atoms with Gasteiger partial charge in [0.25, 0.3) is 0 Å². The van der Waals surface area contributed by atoms with Crippen LogP contribution < -0.4 is 0 Å². The van der Waals surface area contributed by atoms with Gasteiger partial charge in [-0.1, -0.05) is 5.16 Å². The van der Waals surface area contributed by atoms with Crippen molar-refractivity contribution in [2.45, 2.75) is 63.7 Å². The third-order valence-corrected chi connectivity index (χ3v) is 3.83. The van der Waals surface area contributed by atoms with E-state index in [0.717, 1.165) is 0 Å². The highest BCUT2D eigenvalue weighted by molar-refractivity contribution is 5.94. The van der Waals surface area contributed by atoms with Crippen molar-refractivity contribution >= 4 is 11.7 Å². The number of methoxy groups -OCH3 is 1. The Kier molecular flexibility index (Phi) is 4.11. The van der Waals surface area contributed by atoms with Crippen molar-refractivity contribution in [3.8, 4) is 0 Å². The summed E-state index contributed by atoms with van der Waals surface area (Å²) in [6.07, 6.45) is -2.10. The summed E-state index contributed by atoms with van der Waals surface area (Å²) in [5.41, 5.74) is 0.601. The van der Waals surface area contributed by atoms with Gasteiger partial charge in [-0.2, -0.15) is 0 Å². The van der Waals surface area contributed by atoms with E-state index in [1.807, 2.05) is 13.8 Å². The molecule has 0 aromatic rings. The summed E-state index contributed by atoms with van der Waals surface area (Å²) in [7, 11) is 1.58. The lowest BCUT2D eigenvalue weighted by molar-refractivity contribution is -0.208. The highest BCUT2D eigenvalue weighted by Crippen LogP contribution is 2.39. The van der Waals surface area contributed by atoms with Crippen LogP contribution in [-0.2, 0) is 33.3 Å². The summed E-state index contributed by atoms with van der Waals surface area (Å²) in [6.45, 7) is 5.69. The molecular weight excluding hydrogens is 294 g/mol. The maximum atomic E-state index is 11.7. The molecule has 0 saturated carbocycles. The molecule has 22 heavy (non-hydrogen) atoms. The van der Waals surface area contributed by atoms with Crippen LogP contribution in [0, 0.1) is 0 Å². The average molecular weight is 315 g/mol. The van der Waals surface area contributed by atoms with Crippen LogP contribution in [0.5, 0.6) is 0 Å². The van der Waals surface area contributed by atoms with Gasteiger partial charge in [0.1, 0.15) is 18.3 Å². The Morgan fingerprint density at radius 1 is 1.41 bits per heavy atom. The molecule has 0 spiro atoms. The minimum atomic E-state index is -0.727. The molecule has 0 aromatic heterocycles. The van der Waals surface area contributed by atoms with Crippen LogP contribution in [0.25, 0.3) is 0 Å². The Bertz CT molecular complexity index is 478. The summed E-state index contributed by atoms with van der Waals surface area (Å²) >= 11 is 0. The molecule has 3 aliphatic heterocycles. The SMILES string of the molecule is CCOC(=O)C1CC([C@H]2O[C@@H]3OC(C)(C)O[C@@H]3[C@H]2OC)=NO1. The van der Waals surface area contributed by atoms with Gasteiger partial charge in [0.2, 0.25) is 6.10 Å². The second-order valence-electron chi connectivity index (χ2n) is 5.86. The van der Waals surface area contributed by atoms with Crippen molar-refractivity contribution < 1.29 is 33.3 Å². The van der Waals surface area contributed by atoms with Crippen LogP contribution in [0.3, 0.4) is 0 Å². The standard InChI is InChI=1S/C14H21NO7/c1-5-18-12(16)8-6-7(15-22-8)9-10(17-4)11-13(19-9)21-14(2,3)20-11/h8-11,13H,5-6H2,1-4H3/t8?,9-,10+,11-,13-/m1/s1. The molecule has 8 nitrogen and oxygen atoms in total. The summed E-state index contributed by atoms with van der Waals surface area (Å²) < 4.78 is 27.8. The van der Waals surface area contributed by atoms with Crippen LogP contribution >= 0.6 is 0 Å². The zero-order valence-corrected chi connectivity index (χ0v) is 13.1. The number of hydrogen-bond acceptors (Lipinski definition) is 8. The number of ether oxygens (including phenoxy) is 5. The minimum Gasteiger partial charge on any atom is -0.463 e. The molecule has 5 atom stereocenters. The predicted octanol–water partition coefficient (Wildman–Crippen LogP) is 0.586. The first-order valence-electron chi connectivity index (χ1n) is 7.38. The van der Waals surface area contributed by atoms with E-state index in [9.17, 15) is 4.79 Å². The number of oxime groups is 1. The molecule has 0 amide bonds. The van der Waals surface area contributed by atoms with Gasteiger partial charge in [-0.25, -0.2) is 4.79 Å². The number of nitrogens with zero attached hydrogens (tertiary/aromatic N) is 1. The average Bonchev–Trinajstić information content (AvgIpc) is 3.10. The van der Waals surface area contributed by atoms with Crippen molar-refractivity contribution in [2.24, 2.45) is 5.16 Å². The van der Waals surface area contributed by atoms with E-state index >= 15 is 0 Å². The molecule has 124 valence electrons. The van der Waals surface area contributed by atoms with Gasteiger partial charge in [0.15, 0.2) is 12.1 Å². The summed E-state index contributed by atoms with van der Waals surface area (Å²) in [5.74, 6) is -1.14. The highest BCUT2D eigenvalue weighted by atomic mass is 16.8. The Hall–Kier alpha value is -1.22. The zero-order valence-electron chi connectivity index (χ0n) is 13.1. The van der Waals surface area contributed by atoms with E-state index in [2.05, 4.69) is 5.16 Å². The third-order valence-electron chi connectivity index (χ3n) is 3.83. The molecule has 2 fully saturated rings.